The maximum Gasteiger partial charge on any atom is 0.374 e. The van der Waals surface area contributed by atoms with Crippen LogP contribution in [0.3, 0.4) is 0 Å². The second kappa shape index (κ2) is 6.27. The van der Waals surface area contributed by atoms with Crippen molar-refractivity contribution in [2.24, 2.45) is 0 Å². The standard InChI is InChI=1S/C13H11ClN2O5/c1-20-13(17)12-8(4-5-21-12)7-15-9-2-3-10(14)11(6-9)16(18)19/h2-6,15H,7H2,1H3. The summed E-state index contributed by atoms with van der Waals surface area (Å²) >= 11 is 5.73. The number of nitrogens with one attached hydrogen (secondary N) is 1. The third kappa shape index (κ3) is 3.32. The van der Waals surface area contributed by atoms with E-state index in [9.17, 15) is 14.9 Å². The Labute approximate surface area is 124 Å². The lowest BCUT2D eigenvalue weighted by Gasteiger charge is -2.06. The van der Waals surface area contributed by atoms with Gasteiger partial charge >= 0.3 is 5.97 Å². The van der Waals surface area contributed by atoms with Gasteiger partial charge < -0.3 is 14.5 Å². The first-order valence-electron chi connectivity index (χ1n) is 5.85. The Hall–Kier alpha value is -2.54. The van der Waals surface area contributed by atoms with Gasteiger partial charge in [-0.15, -0.1) is 0 Å². The van der Waals surface area contributed by atoms with E-state index < -0.39 is 10.9 Å². The Morgan fingerprint density at radius 1 is 1.48 bits per heavy atom. The maximum atomic E-state index is 11.4. The number of nitro groups is 1. The molecule has 0 saturated carbocycles. The van der Waals surface area contributed by atoms with Gasteiger partial charge in [-0.2, -0.15) is 0 Å². The number of anilines is 1. The van der Waals surface area contributed by atoms with E-state index in [2.05, 4.69) is 10.1 Å². The minimum atomic E-state index is -0.584. The van der Waals surface area contributed by atoms with Crippen LogP contribution in [0.1, 0.15) is 16.1 Å². The number of hydrogen-bond acceptors (Lipinski definition) is 6. The van der Waals surface area contributed by atoms with Gasteiger partial charge in [-0.05, 0) is 18.2 Å². The number of halogens is 1. The molecule has 0 spiro atoms. The van der Waals surface area contributed by atoms with E-state index in [0.29, 0.717) is 11.3 Å². The van der Waals surface area contributed by atoms with Crippen LogP contribution in [0.2, 0.25) is 5.02 Å². The van der Waals surface area contributed by atoms with Gasteiger partial charge in [0.15, 0.2) is 0 Å². The van der Waals surface area contributed by atoms with Crippen LogP contribution in [-0.2, 0) is 11.3 Å². The lowest BCUT2D eigenvalue weighted by Crippen LogP contribution is -2.07. The highest BCUT2D eigenvalue weighted by Gasteiger charge is 2.16. The number of ether oxygens (including phenoxy) is 1. The minimum absolute atomic E-state index is 0.0594. The number of carbonyl (C=O) groups excluding carboxylic acids is 1. The molecule has 0 radical (unpaired) electrons. The third-order valence-corrected chi connectivity index (χ3v) is 3.06. The molecule has 0 saturated heterocycles. The lowest BCUT2D eigenvalue weighted by molar-refractivity contribution is -0.384. The van der Waals surface area contributed by atoms with E-state index >= 15 is 0 Å². The summed E-state index contributed by atoms with van der Waals surface area (Å²) in [7, 11) is 1.25. The molecule has 1 aromatic carbocycles. The zero-order valence-electron chi connectivity index (χ0n) is 11.0. The summed E-state index contributed by atoms with van der Waals surface area (Å²) in [6.45, 7) is 0.250. The van der Waals surface area contributed by atoms with Crippen LogP contribution in [-0.4, -0.2) is 18.0 Å². The van der Waals surface area contributed by atoms with Gasteiger partial charge in [0.05, 0.1) is 18.3 Å². The van der Waals surface area contributed by atoms with Crippen LogP contribution in [0, 0.1) is 10.1 Å². The minimum Gasteiger partial charge on any atom is -0.463 e. The number of esters is 1. The zero-order valence-corrected chi connectivity index (χ0v) is 11.7. The zero-order chi connectivity index (χ0) is 15.4. The van der Waals surface area contributed by atoms with E-state index in [4.69, 9.17) is 16.0 Å². The summed E-state index contributed by atoms with van der Waals surface area (Å²) < 4.78 is 9.63. The second-order valence-electron chi connectivity index (χ2n) is 4.04. The molecule has 110 valence electrons. The summed E-state index contributed by atoms with van der Waals surface area (Å²) in [5.41, 5.74) is 0.893. The molecule has 1 N–H and O–H groups in total. The molecular formula is C13H11ClN2O5. The molecule has 2 aromatic rings. The SMILES string of the molecule is COC(=O)c1occc1CNc1ccc(Cl)c([N+](=O)[O-])c1. The molecule has 1 heterocycles. The van der Waals surface area contributed by atoms with E-state index in [1.165, 1.54) is 25.5 Å². The molecule has 0 aliphatic carbocycles. The number of methoxy groups -OCH3 is 1. The van der Waals surface area contributed by atoms with E-state index in [1.54, 1.807) is 12.1 Å². The van der Waals surface area contributed by atoms with Crippen LogP contribution in [0.25, 0.3) is 0 Å². The largest absolute Gasteiger partial charge is 0.463 e. The number of nitrogens with zero attached hydrogens (tertiary/aromatic N) is 1. The van der Waals surface area contributed by atoms with E-state index in [1.807, 2.05) is 0 Å². The molecule has 21 heavy (non-hydrogen) atoms. The molecule has 0 aliphatic rings. The summed E-state index contributed by atoms with van der Waals surface area (Å²) in [5.74, 6) is -0.493. The second-order valence-corrected chi connectivity index (χ2v) is 4.45. The fourth-order valence-electron chi connectivity index (χ4n) is 1.71. The summed E-state index contributed by atoms with van der Waals surface area (Å²) in [6.07, 6.45) is 1.37. The van der Waals surface area contributed by atoms with Crippen molar-refractivity contribution in [2.45, 2.75) is 6.54 Å². The van der Waals surface area contributed by atoms with Gasteiger partial charge in [0.1, 0.15) is 5.02 Å². The molecule has 0 bridgehead atoms. The molecule has 0 atom stereocenters. The van der Waals surface area contributed by atoms with E-state index in [-0.39, 0.29) is 23.0 Å². The fourth-order valence-corrected chi connectivity index (χ4v) is 1.89. The molecule has 8 heteroatoms. The van der Waals surface area contributed by atoms with Crippen molar-refractivity contribution in [3.8, 4) is 0 Å². The van der Waals surface area contributed by atoms with Gasteiger partial charge in [-0.1, -0.05) is 11.6 Å². The Kier molecular flexibility index (Phi) is 4.44. The quantitative estimate of drug-likeness (QED) is 0.517. The molecule has 0 amide bonds. The molecule has 1 aromatic heterocycles. The van der Waals surface area contributed by atoms with Crippen molar-refractivity contribution in [1.82, 2.24) is 0 Å². The van der Waals surface area contributed by atoms with Crippen LogP contribution in [0.15, 0.2) is 34.9 Å². The van der Waals surface area contributed by atoms with Crippen molar-refractivity contribution in [3.63, 3.8) is 0 Å². The Morgan fingerprint density at radius 2 is 2.24 bits per heavy atom. The highest BCUT2D eigenvalue weighted by molar-refractivity contribution is 6.32. The molecule has 7 nitrogen and oxygen atoms in total. The van der Waals surface area contributed by atoms with Crippen molar-refractivity contribution in [2.75, 3.05) is 12.4 Å². The summed E-state index contributed by atoms with van der Waals surface area (Å²) in [4.78, 5) is 21.7. The van der Waals surface area contributed by atoms with Gasteiger partial charge in [0, 0.05) is 23.9 Å². The Bertz CT molecular complexity index is 683. The molecular weight excluding hydrogens is 300 g/mol. The Balaban J connectivity index is 2.14. The number of furan rings is 1. The van der Waals surface area contributed by atoms with Gasteiger partial charge in [-0.3, -0.25) is 10.1 Å². The molecule has 0 unspecified atom stereocenters. The van der Waals surface area contributed by atoms with Crippen LogP contribution < -0.4 is 5.32 Å². The Morgan fingerprint density at radius 3 is 2.90 bits per heavy atom. The predicted octanol–water partition coefficient (Wildman–Crippen LogP) is 3.24. The average molecular weight is 311 g/mol. The van der Waals surface area contributed by atoms with Crippen molar-refractivity contribution in [3.05, 3.63) is 57.0 Å². The third-order valence-electron chi connectivity index (χ3n) is 2.74. The van der Waals surface area contributed by atoms with E-state index in [0.717, 1.165) is 0 Å². The number of rotatable bonds is 5. The average Bonchev–Trinajstić information content (AvgIpc) is 2.93. The first kappa shape index (κ1) is 14.9. The van der Waals surface area contributed by atoms with Crippen LogP contribution in [0.4, 0.5) is 11.4 Å². The van der Waals surface area contributed by atoms with Gasteiger partial charge in [-0.25, -0.2) is 4.79 Å². The van der Waals surface area contributed by atoms with Crippen LogP contribution in [0.5, 0.6) is 0 Å². The first-order chi connectivity index (χ1) is 10.0. The van der Waals surface area contributed by atoms with Gasteiger partial charge in [0.2, 0.25) is 5.76 Å². The molecule has 2 rings (SSSR count). The van der Waals surface area contributed by atoms with Crippen molar-refractivity contribution < 1.29 is 18.9 Å². The smallest absolute Gasteiger partial charge is 0.374 e. The monoisotopic (exact) mass is 310 g/mol. The molecule has 0 aliphatic heterocycles. The normalized spacial score (nSPS) is 10.2. The number of benzene rings is 1. The number of carbonyl (C=O) groups is 1. The highest BCUT2D eigenvalue weighted by Crippen LogP contribution is 2.27. The highest BCUT2D eigenvalue weighted by atomic mass is 35.5. The van der Waals surface area contributed by atoms with Crippen LogP contribution >= 0.6 is 11.6 Å². The summed E-state index contributed by atoms with van der Waals surface area (Å²) in [6, 6.07) is 5.97. The maximum absolute atomic E-state index is 11.4. The summed E-state index contributed by atoms with van der Waals surface area (Å²) in [5, 5.41) is 13.8. The fraction of sp³-hybridized carbons (Fsp3) is 0.154. The predicted molar refractivity (Wildman–Crippen MR) is 75.5 cm³/mol. The topological polar surface area (TPSA) is 94.6 Å². The first-order valence-corrected chi connectivity index (χ1v) is 6.23. The number of nitro benzene ring substituents is 1. The lowest BCUT2D eigenvalue weighted by atomic mass is 10.2. The van der Waals surface area contributed by atoms with Crippen molar-refractivity contribution >= 4 is 28.9 Å². The number of hydrogen-bond donors (Lipinski definition) is 1. The van der Waals surface area contributed by atoms with Crippen molar-refractivity contribution in [1.29, 1.82) is 0 Å². The molecule has 0 fully saturated rings. The van der Waals surface area contributed by atoms with Gasteiger partial charge in [0.25, 0.3) is 5.69 Å².